The fraction of sp³-hybridized carbons (Fsp3) is 0.400. The fourth-order valence-corrected chi connectivity index (χ4v) is 1.24. The van der Waals surface area contributed by atoms with E-state index in [2.05, 4.69) is 5.32 Å². The average Bonchev–Trinajstić information content (AvgIpc) is 2.15. The summed E-state index contributed by atoms with van der Waals surface area (Å²) in [7, 11) is 0. The van der Waals surface area contributed by atoms with E-state index < -0.39 is 11.7 Å². The second-order valence-corrected chi connectivity index (χ2v) is 3.18. The van der Waals surface area contributed by atoms with Crippen LogP contribution in [0.25, 0.3) is 0 Å². The van der Waals surface area contributed by atoms with Gasteiger partial charge >= 0.3 is 6.18 Å². The largest absolute Gasteiger partial charge is 0.416 e. The first kappa shape index (κ1) is 11.8. The number of hydrogen-bond acceptors (Lipinski definition) is 2. The van der Waals surface area contributed by atoms with Crippen molar-refractivity contribution in [1.82, 2.24) is 0 Å². The fourth-order valence-electron chi connectivity index (χ4n) is 1.24. The number of aliphatic hydroxyl groups excluding tert-OH is 1. The van der Waals surface area contributed by atoms with Crippen LogP contribution in [0.3, 0.4) is 0 Å². The average molecular weight is 219 g/mol. The molecule has 84 valence electrons. The van der Waals surface area contributed by atoms with E-state index in [0.717, 1.165) is 6.07 Å². The summed E-state index contributed by atoms with van der Waals surface area (Å²) in [6, 6.07) is 4.01. The highest BCUT2D eigenvalue weighted by molar-refractivity contribution is 5.49. The third-order valence-electron chi connectivity index (χ3n) is 1.98. The van der Waals surface area contributed by atoms with Gasteiger partial charge in [-0.3, -0.25) is 0 Å². The van der Waals surface area contributed by atoms with Crippen molar-refractivity contribution in [3.63, 3.8) is 0 Å². The van der Waals surface area contributed by atoms with Gasteiger partial charge in [-0.2, -0.15) is 13.2 Å². The molecule has 1 aromatic rings. The van der Waals surface area contributed by atoms with Gasteiger partial charge < -0.3 is 10.4 Å². The zero-order chi connectivity index (χ0) is 11.5. The smallest absolute Gasteiger partial charge is 0.395 e. The summed E-state index contributed by atoms with van der Waals surface area (Å²) >= 11 is 0. The van der Waals surface area contributed by atoms with Gasteiger partial charge in [0.25, 0.3) is 0 Å². The summed E-state index contributed by atoms with van der Waals surface area (Å²) in [6.45, 7) is 1.54. The Bertz CT molecular complexity index is 336. The molecule has 0 spiro atoms. The van der Waals surface area contributed by atoms with Crippen LogP contribution in [0.1, 0.15) is 11.1 Å². The second kappa shape index (κ2) is 4.53. The molecule has 0 radical (unpaired) electrons. The Morgan fingerprint density at radius 1 is 1.33 bits per heavy atom. The minimum atomic E-state index is -4.33. The molecule has 0 amide bonds. The molecule has 15 heavy (non-hydrogen) atoms. The molecular formula is C10H12F3NO. The molecule has 0 unspecified atom stereocenters. The van der Waals surface area contributed by atoms with Crippen LogP contribution >= 0.6 is 0 Å². The van der Waals surface area contributed by atoms with E-state index in [1.54, 1.807) is 6.07 Å². The normalized spacial score (nSPS) is 11.5. The highest BCUT2D eigenvalue weighted by atomic mass is 19.4. The Kier molecular flexibility index (Phi) is 3.57. The number of anilines is 1. The van der Waals surface area contributed by atoms with E-state index in [4.69, 9.17) is 5.11 Å². The molecular weight excluding hydrogens is 207 g/mol. The lowest BCUT2D eigenvalue weighted by molar-refractivity contribution is -0.138. The van der Waals surface area contributed by atoms with E-state index in [1.807, 2.05) is 0 Å². The van der Waals surface area contributed by atoms with Crippen molar-refractivity contribution >= 4 is 5.69 Å². The molecule has 0 aliphatic rings. The number of rotatable bonds is 3. The van der Waals surface area contributed by atoms with Crippen molar-refractivity contribution < 1.29 is 18.3 Å². The third-order valence-corrected chi connectivity index (χ3v) is 1.98. The van der Waals surface area contributed by atoms with E-state index >= 15 is 0 Å². The predicted octanol–water partition coefficient (Wildman–Crippen LogP) is 2.42. The summed E-state index contributed by atoms with van der Waals surface area (Å²) in [4.78, 5) is 0. The van der Waals surface area contributed by atoms with Gasteiger partial charge in [-0.1, -0.05) is 6.07 Å². The summed E-state index contributed by atoms with van der Waals surface area (Å²) in [5, 5.41) is 11.2. The van der Waals surface area contributed by atoms with Gasteiger partial charge in [-0.05, 0) is 24.6 Å². The Balaban J connectivity index is 2.95. The molecule has 0 bridgehead atoms. The SMILES string of the molecule is Cc1ccc(NCCO)cc1C(F)(F)F. The molecule has 2 nitrogen and oxygen atoms in total. The monoisotopic (exact) mass is 219 g/mol. The molecule has 0 fully saturated rings. The molecule has 0 aromatic heterocycles. The summed E-state index contributed by atoms with van der Waals surface area (Å²) < 4.78 is 37.4. The number of halogens is 3. The third kappa shape index (κ3) is 3.13. The quantitative estimate of drug-likeness (QED) is 0.818. The summed E-state index contributed by atoms with van der Waals surface area (Å²) in [5.74, 6) is 0. The van der Waals surface area contributed by atoms with Gasteiger partial charge in [0, 0.05) is 12.2 Å². The number of aryl methyl sites for hydroxylation is 1. The Morgan fingerprint density at radius 3 is 2.53 bits per heavy atom. The maximum Gasteiger partial charge on any atom is 0.416 e. The first-order valence-corrected chi connectivity index (χ1v) is 4.47. The van der Waals surface area contributed by atoms with Crippen molar-refractivity contribution in [2.75, 3.05) is 18.5 Å². The first-order chi connectivity index (χ1) is 6.95. The number of benzene rings is 1. The molecule has 0 aliphatic carbocycles. The zero-order valence-electron chi connectivity index (χ0n) is 8.23. The topological polar surface area (TPSA) is 32.3 Å². The van der Waals surface area contributed by atoms with E-state index in [-0.39, 0.29) is 18.7 Å². The van der Waals surface area contributed by atoms with E-state index in [0.29, 0.717) is 5.69 Å². The lowest BCUT2D eigenvalue weighted by atomic mass is 10.1. The standard InChI is InChI=1S/C10H12F3NO/c1-7-2-3-8(14-4-5-15)6-9(7)10(11,12)13/h2-3,6,14-15H,4-5H2,1H3. The van der Waals surface area contributed by atoms with Crippen molar-refractivity contribution in [1.29, 1.82) is 0 Å². The van der Waals surface area contributed by atoms with Crippen LogP contribution in [-0.4, -0.2) is 18.3 Å². The van der Waals surface area contributed by atoms with Gasteiger partial charge in [0.05, 0.1) is 12.2 Å². The minimum Gasteiger partial charge on any atom is -0.395 e. The maximum absolute atomic E-state index is 12.5. The number of aliphatic hydroxyl groups is 1. The molecule has 0 heterocycles. The number of hydrogen-bond donors (Lipinski definition) is 2. The molecule has 1 rings (SSSR count). The van der Waals surface area contributed by atoms with Crippen molar-refractivity contribution in [2.24, 2.45) is 0 Å². The minimum absolute atomic E-state index is 0.116. The summed E-state index contributed by atoms with van der Waals surface area (Å²) in [6.07, 6.45) is -4.33. The molecule has 0 saturated heterocycles. The second-order valence-electron chi connectivity index (χ2n) is 3.18. The highest BCUT2D eigenvalue weighted by Crippen LogP contribution is 2.33. The van der Waals surface area contributed by atoms with Crippen LogP contribution in [0, 0.1) is 6.92 Å². The Hall–Kier alpha value is -1.23. The lowest BCUT2D eigenvalue weighted by Gasteiger charge is -2.12. The molecule has 2 N–H and O–H groups in total. The van der Waals surface area contributed by atoms with Crippen molar-refractivity contribution in [2.45, 2.75) is 13.1 Å². The Morgan fingerprint density at radius 2 is 2.00 bits per heavy atom. The van der Waals surface area contributed by atoms with Crippen LogP contribution in [-0.2, 0) is 6.18 Å². The van der Waals surface area contributed by atoms with Crippen LogP contribution in [0.4, 0.5) is 18.9 Å². The zero-order valence-corrected chi connectivity index (χ0v) is 8.23. The molecule has 0 aliphatic heterocycles. The van der Waals surface area contributed by atoms with E-state index in [9.17, 15) is 13.2 Å². The van der Waals surface area contributed by atoms with Crippen LogP contribution in [0.2, 0.25) is 0 Å². The van der Waals surface area contributed by atoms with Gasteiger partial charge in [-0.25, -0.2) is 0 Å². The predicted molar refractivity (Wildman–Crippen MR) is 51.8 cm³/mol. The Labute approximate surface area is 85.7 Å². The van der Waals surface area contributed by atoms with Crippen LogP contribution < -0.4 is 5.32 Å². The molecule has 1 aromatic carbocycles. The van der Waals surface area contributed by atoms with Gasteiger partial charge in [0.2, 0.25) is 0 Å². The van der Waals surface area contributed by atoms with Crippen molar-refractivity contribution in [3.05, 3.63) is 29.3 Å². The van der Waals surface area contributed by atoms with E-state index in [1.165, 1.54) is 13.0 Å². The number of alkyl halides is 3. The first-order valence-electron chi connectivity index (χ1n) is 4.47. The highest BCUT2D eigenvalue weighted by Gasteiger charge is 2.32. The van der Waals surface area contributed by atoms with Crippen molar-refractivity contribution in [3.8, 4) is 0 Å². The van der Waals surface area contributed by atoms with Gasteiger partial charge in [0.15, 0.2) is 0 Å². The molecule has 0 atom stereocenters. The molecule has 5 heteroatoms. The van der Waals surface area contributed by atoms with Crippen LogP contribution in [0.5, 0.6) is 0 Å². The molecule has 0 saturated carbocycles. The number of nitrogens with one attached hydrogen (secondary N) is 1. The summed E-state index contributed by atoms with van der Waals surface area (Å²) in [5.41, 5.74) is -0.0931. The van der Waals surface area contributed by atoms with Gasteiger partial charge in [0.1, 0.15) is 0 Å². The lowest BCUT2D eigenvalue weighted by Crippen LogP contribution is -2.10. The van der Waals surface area contributed by atoms with Crippen LogP contribution in [0.15, 0.2) is 18.2 Å². The maximum atomic E-state index is 12.5. The van der Waals surface area contributed by atoms with Gasteiger partial charge in [-0.15, -0.1) is 0 Å².